The van der Waals surface area contributed by atoms with Gasteiger partial charge in [-0.2, -0.15) is 5.10 Å². The van der Waals surface area contributed by atoms with Crippen LogP contribution in [0.4, 0.5) is 0 Å². The Hall–Kier alpha value is -0.870. The van der Waals surface area contributed by atoms with Crippen molar-refractivity contribution in [3.8, 4) is 0 Å². The first-order valence-corrected chi connectivity index (χ1v) is 7.97. The van der Waals surface area contributed by atoms with Crippen LogP contribution in [0.2, 0.25) is 0 Å². The second-order valence-electron chi connectivity index (χ2n) is 8.18. The van der Waals surface area contributed by atoms with Crippen molar-refractivity contribution in [1.29, 1.82) is 0 Å². The third-order valence-electron chi connectivity index (χ3n) is 4.06. The largest absolute Gasteiger partial charge is 0.379 e. The molecule has 4 nitrogen and oxygen atoms in total. The Morgan fingerprint density at radius 3 is 2.05 bits per heavy atom. The van der Waals surface area contributed by atoms with Crippen molar-refractivity contribution in [2.24, 2.45) is 7.05 Å². The van der Waals surface area contributed by atoms with Gasteiger partial charge in [0.15, 0.2) is 0 Å². The lowest BCUT2D eigenvalue weighted by Crippen LogP contribution is -2.36. The zero-order valence-electron chi connectivity index (χ0n) is 14.8. The Morgan fingerprint density at radius 2 is 1.57 bits per heavy atom. The van der Waals surface area contributed by atoms with Crippen LogP contribution < -0.4 is 0 Å². The molecule has 0 amide bonds. The molecule has 0 spiro atoms. The number of aryl methyl sites for hydroxylation is 1. The number of nitrogens with zero attached hydrogens (tertiary/aromatic N) is 3. The maximum Gasteiger partial charge on any atom is 0.0805 e. The fourth-order valence-corrected chi connectivity index (χ4v) is 3.31. The van der Waals surface area contributed by atoms with Gasteiger partial charge in [0.2, 0.25) is 0 Å². The van der Waals surface area contributed by atoms with Crippen molar-refractivity contribution in [3.63, 3.8) is 0 Å². The van der Waals surface area contributed by atoms with E-state index in [1.54, 1.807) is 0 Å². The van der Waals surface area contributed by atoms with Crippen molar-refractivity contribution in [2.45, 2.75) is 58.9 Å². The molecule has 1 aromatic heterocycles. The van der Waals surface area contributed by atoms with Gasteiger partial charge in [0.1, 0.15) is 0 Å². The summed E-state index contributed by atoms with van der Waals surface area (Å²) < 4.78 is 7.54. The molecule has 0 atom stereocenters. The first kappa shape index (κ1) is 16.5. The van der Waals surface area contributed by atoms with Gasteiger partial charge in [0, 0.05) is 43.4 Å². The van der Waals surface area contributed by atoms with Crippen LogP contribution in [0.3, 0.4) is 0 Å². The van der Waals surface area contributed by atoms with Crippen molar-refractivity contribution < 1.29 is 4.74 Å². The summed E-state index contributed by atoms with van der Waals surface area (Å²) in [6.07, 6.45) is 0. The lowest BCUT2D eigenvalue weighted by molar-refractivity contribution is 0.0334. The summed E-state index contributed by atoms with van der Waals surface area (Å²) in [5, 5.41) is 4.87. The molecule has 0 saturated carbocycles. The van der Waals surface area contributed by atoms with Gasteiger partial charge in [0.05, 0.1) is 18.9 Å². The Labute approximate surface area is 129 Å². The highest BCUT2D eigenvalue weighted by Gasteiger charge is 2.33. The summed E-state index contributed by atoms with van der Waals surface area (Å²) >= 11 is 0. The fourth-order valence-electron chi connectivity index (χ4n) is 3.31. The smallest absolute Gasteiger partial charge is 0.0805 e. The second kappa shape index (κ2) is 5.73. The summed E-state index contributed by atoms with van der Waals surface area (Å²) in [5.41, 5.74) is 4.23. The quantitative estimate of drug-likeness (QED) is 0.840. The molecule has 0 bridgehead atoms. The van der Waals surface area contributed by atoms with Crippen LogP contribution >= 0.6 is 0 Å². The third-order valence-corrected chi connectivity index (χ3v) is 4.06. The number of hydrogen-bond acceptors (Lipinski definition) is 3. The summed E-state index contributed by atoms with van der Waals surface area (Å²) in [5.74, 6) is 0. The minimum atomic E-state index is 0.105. The number of aromatic nitrogens is 2. The normalized spacial score (nSPS) is 18.2. The second-order valence-corrected chi connectivity index (χ2v) is 8.18. The highest BCUT2D eigenvalue weighted by Crippen LogP contribution is 2.36. The average Bonchev–Trinajstić information content (AvgIpc) is 2.66. The number of hydrogen-bond donors (Lipinski definition) is 0. The van der Waals surface area contributed by atoms with E-state index < -0.39 is 0 Å². The first-order chi connectivity index (χ1) is 9.60. The molecule has 0 N–H and O–H groups in total. The molecule has 1 saturated heterocycles. The lowest BCUT2D eigenvalue weighted by Gasteiger charge is -2.30. The Morgan fingerprint density at radius 1 is 1.00 bits per heavy atom. The van der Waals surface area contributed by atoms with Gasteiger partial charge in [-0.25, -0.2) is 0 Å². The highest BCUT2D eigenvalue weighted by atomic mass is 16.5. The van der Waals surface area contributed by atoms with E-state index in [2.05, 4.69) is 58.2 Å². The molecular formula is C17H31N3O. The van der Waals surface area contributed by atoms with E-state index in [1.165, 1.54) is 17.0 Å². The molecule has 1 aliphatic rings. The molecule has 21 heavy (non-hydrogen) atoms. The number of rotatable bonds is 2. The summed E-state index contributed by atoms with van der Waals surface area (Å²) in [6, 6.07) is 0. The van der Waals surface area contributed by atoms with Crippen LogP contribution in [0.5, 0.6) is 0 Å². The van der Waals surface area contributed by atoms with Crippen LogP contribution in [-0.2, 0) is 29.2 Å². The minimum absolute atomic E-state index is 0.105. The van der Waals surface area contributed by atoms with E-state index in [4.69, 9.17) is 9.84 Å². The highest BCUT2D eigenvalue weighted by molar-refractivity contribution is 5.37. The number of ether oxygens (including phenoxy) is 1. The SMILES string of the molecule is Cn1nc(CN2CCOCC2)c(C(C)(C)C)c1C(C)(C)C. The summed E-state index contributed by atoms with van der Waals surface area (Å²) in [6.45, 7) is 18.3. The van der Waals surface area contributed by atoms with E-state index in [0.717, 1.165) is 32.8 Å². The predicted octanol–water partition coefficient (Wildman–Crippen LogP) is 2.85. The molecule has 0 unspecified atom stereocenters. The Balaban J connectivity index is 2.41. The van der Waals surface area contributed by atoms with Crippen molar-refractivity contribution in [1.82, 2.24) is 14.7 Å². The molecule has 0 radical (unpaired) electrons. The monoisotopic (exact) mass is 293 g/mol. The standard InChI is InChI=1S/C17H31N3O/c1-16(2,3)14-13(12-20-8-10-21-11-9-20)18-19(7)15(14)17(4,5)6/h8-12H2,1-7H3. The molecule has 2 rings (SSSR count). The molecule has 1 aliphatic heterocycles. The van der Waals surface area contributed by atoms with E-state index in [1.807, 2.05) is 0 Å². The third kappa shape index (κ3) is 3.67. The summed E-state index contributed by atoms with van der Waals surface area (Å²) in [4.78, 5) is 2.45. The van der Waals surface area contributed by atoms with E-state index in [9.17, 15) is 0 Å². The lowest BCUT2D eigenvalue weighted by atomic mass is 9.78. The molecule has 2 heterocycles. The maximum atomic E-state index is 5.45. The van der Waals surface area contributed by atoms with Gasteiger partial charge >= 0.3 is 0 Å². The van der Waals surface area contributed by atoms with Gasteiger partial charge in [-0.1, -0.05) is 41.5 Å². The van der Waals surface area contributed by atoms with E-state index >= 15 is 0 Å². The Bertz CT molecular complexity index is 485. The van der Waals surface area contributed by atoms with Crippen LogP contribution in [-0.4, -0.2) is 41.0 Å². The Kier molecular flexibility index (Phi) is 4.50. The van der Waals surface area contributed by atoms with Crippen LogP contribution in [0.15, 0.2) is 0 Å². The molecule has 1 aromatic rings. The molecule has 0 aliphatic carbocycles. The van der Waals surface area contributed by atoms with Gasteiger partial charge in [-0.05, 0) is 5.41 Å². The van der Waals surface area contributed by atoms with Crippen molar-refractivity contribution >= 4 is 0 Å². The molecule has 4 heteroatoms. The number of morpholine rings is 1. The maximum absolute atomic E-state index is 5.45. The molecule has 0 aromatic carbocycles. The zero-order valence-corrected chi connectivity index (χ0v) is 14.8. The first-order valence-electron chi connectivity index (χ1n) is 7.97. The average molecular weight is 293 g/mol. The zero-order chi connectivity index (χ0) is 15.8. The topological polar surface area (TPSA) is 30.3 Å². The van der Waals surface area contributed by atoms with Crippen LogP contribution in [0, 0.1) is 0 Å². The van der Waals surface area contributed by atoms with Gasteiger partial charge in [-0.3, -0.25) is 9.58 Å². The van der Waals surface area contributed by atoms with Crippen LogP contribution in [0.1, 0.15) is 58.5 Å². The minimum Gasteiger partial charge on any atom is -0.379 e. The predicted molar refractivity (Wildman–Crippen MR) is 86.7 cm³/mol. The molecular weight excluding hydrogens is 262 g/mol. The van der Waals surface area contributed by atoms with E-state index in [0.29, 0.717) is 0 Å². The van der Waals surface area contributed by atoms with E-state index in [-0.39, 0.29) is 10.8 Å². The van der Waals surface area contributed by atoms with Gasteiger partial charge < -0.3 is 4.74 Å². The van der Waals surface area contributed by atoms with Crippen molar-refractivity contribution in [2.75, 3.05) is 26.3 Å². The molecule has 120 valence electrons. The van der Waals surface area contributed by atoms with Gasteiger partial charge in [0.25, 0.3) is 0 Å². The van der Waals surface area contributed by atoms with Crippen LogP contribution in [0.25, 0.3) is 0 Å². The molecule has 1 fully saturated rings. The fraction of sp³-hybridized carbons (Fsp3) is 0.824. The van der Waals surface area contributed by atoms with Gasteiger partial charge in [-0.15, -0.1) is 0 Å². The summed E-state index contributed by atoms with van der Waals surface area (Å²) in [7, 11) is 2.08. The van der Waals surface area contributed by atoms with Crippen molar-refractivity contribution in [3.05, 3.63) is 17.0 Å².